The fourth-order valence-corrected chi connectivity index (χ4v) is 2.76. The van der Waals surface area contributed by atoms with Crippen molar-refractivity contribution < 1.29 is 0 Å². The van der Waals surface area contributed by atoms with Crippen molar-refractivity contribution in [2.45, 2.75) is 18.7 Å². The molecule has 1 unspecified atom stereocenters. The third-order valence-electron chi connectivity index (χ3n) is 2.27. The van der Waals surface area contributed by atoms with E-state index in [-0.39, 0.29) is 0 Å². The molecule has 0 spiro atoms. The smallest absolute Gasteiger partial charge is 0.0823 e. The number of nitrogens with zero attached hydrogens (tertiary/aromatic N) is 2. The van der Waals surface area contributed by atoms with Crippen LogP contribution >= 0.6 is 11.8 Å². The first kappa shape index (κ1) is 9.09. The van der Waals surface area contributed by atoms with Gasteiger partial charge in [-0.15, -0.1) is 11.8 Å². The predicted octanol–water partition coefficient (Wildman–Crippen LogP) is 1.32. The van der Waals surface area contributed by atoms with E-state index >= 15 is 0 Å². The molecule has 72 valence electrons. The van der Waals surface area contributed by atoms with Gasteiger partial charge in [-0.05, 0) is 6.42 Å². The highest BCUT2D eigenvalue weighted by Gasteiger charge is 2.21. The standard InChI is InChI=1S/C9H15N3S/c1-3-8-7(6-12(2)11-8)9-10-4-5-13-9/h6,9-10H,3-5H2,1-2H3. The SMILES string of the molecule is CCc1nn(C)cc1C1NCCS1. The number of hydrogen-bond donors (Lipinski definition) is 1. The van der Waals surface area contributed by atoms with E-state index in [0.717, 1.165) is 13.0 Å². The zero-order valence-electron chi connectivity index (χ0n) is 8.08. The van der Waals surface area contributed by atoms with Gasteiger partial charge in [-0.2, -0.15) is 5.10 Å². The summed E-state index contributed by atoms with van der Waals surface area (Å²) in [5.41, 5.74) is 2.60. The Balaban J connectivity index is 2.26. The van der Waals surface area contributed by atoms with Crippen LogP contribution in [-0.2, 0) is 13.5 Å². The molecule has 1 atom stereocenters. The van der Waals surface area contributed by atoms with Crippen LogP contribution in [0.25, 0.3) is 0 Å². The molecule has 0 aliphatic carbocycles. The summed E-state index contributed by atoms with van der Waals surface area (Å²) < 4.78 is 1.91. The number of rotatable bonds is 2. The van der Waals surface area contributed by atoms with Gasteiger partial charge < -0.3 is 5.32 Å². The monoisotopic (exact) mass is 197 g/mol. The van der Waals surface area contributed by atoms with E-state index < -0.39 is 0 Å². The molecule has 1 aromatic rings. The molecule has 1 fully saturated rings. The topological polar surface area (TPSA) is 29.9 Å². The van der Waals surface area contributed by atoms with Crippen LogP contribution in [0.1, 0.15) is 23.6 Å². The van der Waals surface area contributed by atoms with Gasteiger partial charge in [-0.3, -0.25) is 4.68 Å². The van der Waals surface area contributed by atoms with Crippen molar-refractivity contribution in [3.8, 4) is 0 Å². The number of aryl methyl sites for hydroxylation is 2. The lowest BCUT2D eigenvalue weighted by molar-refractivity contribution is 0.743. The molecule has 1 aliphatic heterocycles. The normalized spacial score (nSPS) is 22.5. The molecule has 1 aromatic heterocycles. The van der Waals surface area contributed by atoms with E-state index in [1.165, 1.54) is 17.0 Å². The van der Waals surface area contributed by atoms with Crippen LogP contribution in [0.4, 0.5) is 0 Å². The Kier molecular flexibility index (Phi) is 2.60. The Bertz CT molecular complexity index is 289. The summed E-state index contributed by atoms with van der Waals surface area (Å²) in [5, 5.41) is 8.38. The Labute approximate surface area is 82.9 Å². The maximum Gasteiger partial charge on any atom is 0.0823 e. The van der Waals surface area contributed by atoms with E-state index in [9.17, 15) is 0 Å². The number of nitrogens with one attached hydrogen (secondary N) is 1. The molecular weight excluding hydrogens is 182 g/mol. The van der Waals surface area contributed by atoms with Crippen LogP contribution in [0.15, 0.2) is 6.20 Å². The molecule has 4 heteroatoms. The van der Waals surface area contributed by atoms with Gasteiger partial charge in [0.15, 0.2) is 0 Å². The number of thioether (sulfide) groups is 1. The molecule has 1 aliphatic rings. The Hall–Kier alpha value is -0.480. The van der Waals surface area contributed by atoms with Crippen molar-refractivity contribution >= 4 is 11.8 Å². The average molecular weight is 197 g/mol. The van der Waals surface area contributed by atoms with Gasteiger partial charge in [-0.25, -0.2) is 0 Å². The van der Waals surface area contributed by atoms with E-state index in [1.807, 2.05) is 23.5 Å². The summed E-state index contributed by atoms with van der Waals surface area (Å²) >= 11 is 1.97. The van der Waals surface area contributed by atoms with Crippen molar-refractivity contribution in [1.82, 2.24) is 15.1 Å². The molecular formula is C9H15N3S. The highest BCUT2D eigenvalue weighted by Crippen LogP contribution is 2.31. The van der Waals surface area contributed by atoms with Gasteiger partial charge in [0, 0.05) is 31.1 Å². The van der Waals surface area contributed by atoms with E-state index in [1.54, 1.807) is 0 Å². The van der Waals surface area contributed by atoms with Crippen molar-refractivity contribution in [1.29, 1.82) is 0 Å². The second kappa shape index (κ2) is 3.72. The lowest BCUT2D eigenvalue weighted by atomic mass is 10.2. The number of hydrogen-bond acceptors (Lipinski definition) is 3. The Morgan fingerprint density at radius 2 is 2.62 bits per heavy atom. The fourth-order valence-electron chi connectivity index (χ4n) is 1.67. The Morgan fingerprint density at radius 3 is 3.23 bits per heavy atom. The lowest BCUT2D eigenvalue weighted by Crippen LogP contribution is -2.12. The maximum atomic E-state index is 4.44. The van der Waals surface area contributed by atoms with Gasteiger partial charge in [-0.1, -0.05) is 6.92 Å². The van der Waals surface area contributed by atoms with Gasteiger partial charge in [0.05, 0.1) is 11.1 Å². The molecule has 3 nitrogen and oxygen atoms in total. The van der Waals surface area contributed by atoms with Gasteiger partial charge in [0.2, 0.25) is 0 Å². The quantitative estimate of drug-likeness (QED) is 0.775. The van der Waals surface area contributed by atoms with E-state index in [0.29, 0.717) is 5.37 Å². The maximum absolute atomic E-state index is 4.44. The highest BCUT2D eigenvalue weighted by atomic mass is 32.2. The molecule has 1 saturated heterocycles. The van der Waals surface area contributed by atoms with Crippen LogP contribution in [0.3, 0.4) is 0 Å². The molecule has 0 radical (unpaired) electrons. The van der Waals surface area contributed by atoms with Crippen molar-refractivity contribution in [2.24, 2.45) is 7.05 Å². The molecule has 0 bridgehead atoms. The van der Waals surface area contributed by atoms with E-state index in [2.05, 4.69) is 23.5 Å². The molecule has 2 rings (SSSR count). The summed E-state index contributed by atoms with van der Waals surface area (Å²) in [5.74, 6) is 1.21. The highest BCUT2D eigenvalue weighted by molar-refractivity contribution is 7.99. The molecule has 0 amide bonds. The Morgan fingerprint density at radius 1 is 1.77 bits per heavy atom. The minimum absolute atomic E-state index is 0.476. The van der Waals surface area contributed by atoms with Gasteiger partial charge in [0.25, 0.3) is 0 Å². The molecule has 0 aromatic carbocycles. The van der Waals surface area contributed by atoms with Crippen molar-refractivity contribution in [2.75, 3.05) is 12.3 Å². The number of aromatic nitrogens is 2. The molecule has 2 heterocycles. The zero-order chi connectivity index (χ0) is 9.26. The second-order valence-corrected chi connectivity index (χ2v) is 4.48. The van der Waals surface area contributed by atoms with Crippen LogP contribution < -0.4 is 5.32 Å². The first-order valence-corrected chi connectivity index (χ1v) is 5.73. The lowest BCUT2D eigenvalue weighted by Gasteiger charge is -2.07. The average Bonchev–Trinajstić information content (AvgIpc) is 2.71. The van der Waals surface area contributed by atoms with Crippen LogP contribution in [0, 0.1) is 0 Å². The van der Waals surface area contributed by atoms with Crippen molar-refractivity contribution in [3.05, 3.63) is 17.5 Å². The first-order chi connectivity index (χ1) is 6.31. The predicted molar refractivity (Wildman–Crippen MR) is 55.8 cm³/mol. The van der Waals surface area contributed by atoms with Gasteiger partial charge >= 0.3 is 0 Å². The van der Waals surface area contributed by atoms with Crippen LogP contribution in [0.2, 0.25) is 0 Å². The van der Waals surface area contributed by atoms with E-state index in [4.69, 9.17) is 0 Å². The summed E-state index contributed by atoms with van der Waals surface area (Å²) in [6.07, 6.45) is 3.16. The second-order valence-electron chi connectivity index (χ2n) is 3.26. The summed E-state index contributed by atoms with van der Waals surface area (Å²) in [6.45, 7) is 3.28. The summed E-state index contributed by atoms with van der Waals surface area (Å²) in [4.78, 5) is 0. The third kappa shape index (κ3) is 1.74. The fraction of sp³-hybridized carbons (Fsp3) is 0.667. The molecule has 1 N–H and O–H groups in total. The van der Waals surface area contributed by atoms with Gasteiger partial charge in [0.1, 0.15) is 0 Å². The van der Waals surface area contributed by atoms with Crippen molar-refractivity contribution in [3.63, 3.8) is 0 Å². The first-order valence-electron chi connectivity index (χ1n) is 4.68. The zero-order valence-corrected chi connectivity index (χ0v) is 8.90. The minimum atomic E-state index is 0.476. The molecule has 13 heavy (non-hydrogen) atoms. The third-order valence-corrected chi connectivity index (χ3v) is 3.47. The van der Waals surface area contributed by atoms with Crippen LogP contribution in [-0.4, -0.2) is 22.1 Å². The summed E-state index contributed by atoms with van der Waals surface area (Å²) in [6, 6.07) is 0. The minimum Gasteiger partial charge on any atom is -0.301 e. The molecule has 0 saturated carbocycles. The summed E-state index contributed by atoms with van der Waals surface area (Å²) in [7, 11) is 1.99. The van der Waals surface area contributed by atoms with Crippen LogP contribution in [0.5, 0.6) is 0 Å². The largest absolute Gasteiger partial charge is 0.301 e.